The van der Waals surface area contributed by atoms with Gasteiger partial charge in [0.15, 0.2) is 5.13 Å². The number of imide groups is 1. The van der Waals surface area contributed by atoms with E-state index in [2.05, 4.69) is 25.3 Å². The van der Waals surface area contributed by atoms with Crippen molar-refractivity contribution >= 4 is 40.9 Å². The summed E-state index contributed by atoms with van der Waals surface area (Å²) in [6, 6.07) is 9.81. The molecule has 1 aromatic carbocycles. The van der Waals surface area contributed by atoms with Crippen LogP contribution in [-0.4, -0.2) is 39.7 Å². The smallest absolute Gasteiger partial charge is 0.280 e. The standard InChI is InChI=1S/C32H39N5O4S/c1-8-10-17-35(18-11-9-2)31-34-27(32(5,6)7)26(42-31)19-24-21(3)25(20-33)30(41)37(29(24)40)36(22(4)38)28(39)23-15-13-12-14-16-23/h12-16,19,41H,3,8-11,17-18H2,1-2,4-7H3/b24-19-. The quantitative estimate of drug-likeness (QED) is 0.377. The predicted octanol–water partition coefficient (Wildman–Crippen LogP) is 4.15. The zero-order valence-electron chi connectivity index (χ0n) is 25.2. The molecule has 0 spiro atoms. The Morgan fingerprint density at radius 3 is 2.24 bits per heavy atom. The second-order valence-corrected chi connectivity index (χ2v) is 12.1. The average molecular weight is 590 g/mol. The summed E-state index contributed by atoms with van der Waals surface area (Å²) in [5.74, 6) is -2.48. The summed E-state index contributed by atoms with van der Waals surface area (Å²) < 4.78 is 0.560. The van der Waals surface area contributed by atoms with Crippen LogP contribution in [0.5, 0.6) is 5.88 Å². The lowest BCUT2D eigenvalue weighted by Crippen LogP contribution is -2.56. The van der Waals surface area contributed by atoms with E-state index in [1.54, 1.807) is 24.3 Å². The number of thiazole rings is 1. The van der Waals surface area contributed by atoms with Crippen LogP contribution in [0, 0.1) is 11.3 Å². The number of carbonyl (C=O) groups is 2. The molecule has 3 rings (SSSR count). The zero-order chi connectivity index (χ0) is 31.2. The number of pyridine rings is 1. The number of amides is 2. The minimum absolute atomic E-state index is 0.00413. The van der Waals surface area contributed by atoms with E-state index in [9.17, 15) is 24.8 Å². The lowest BCUT2D eigenvalue weighted by atomic mass is 9.91. The third kappa shape index (κ3) is 6.80. The van der Waals surface area contributed by atoms with Gasteiger partial charge >= 0.3 is 0 Å². The highest BCUT2D eigenvalue weighted by Crippen LogP contribution is 2.34. The molecule has 0 aliphatic carbocycles. The van der Waals surface area contributed by atoms with Crippen molar-refractivity contribution in [2.45, 2.75) is 72.6 Å². The molecule has 0 bridgehead atoms. The molecule has 0 saturated heterocycles. The number of anilines is 1. The number of hydrogen-bond donors (Lipinski definition) is 1. The molecule has 2 amide bonds. The number of aromatic nitrogens is 2. The van der Waals surface area contributed by atoms with Crippen LogP contribution in [0.15, 0.2) is 35.1 Å². The van der Waals surface area contributed by atoms with Crippen molar-refractivity contribution in [1.82, 2.24) is 9.66 Å². The second-order valence-electron chi connectivity index (χ2n) is 11.1. The van der Waals surface area contributed by atoms with E-state index in [1.807, 2.05) is 26.8 Å². The van der Waals surface area contributed by atoms with E-state index in [-0.39, 0.29) is 27.0 Å². The van der Waals surface area contributed by atoms with E-state index in [1.165, 1.54) is 23.5 Å². The van der Waals surface area contributed by atoms with Crippen molar-refractivity contribution in [1.29, 1.82) is 5.26 Å². The van der Waals surface area contributed by atoms with E-state index >= 15 is 0 Å². The van der Waals surface area contributed by atoms with Crippen molar-refractivity contribution in [3.63, 3.8) is 0 Å². The van der Waals surface area contributed by atoms with Crippen LogP contribution in [-0.2, 0) is 10.2 Å². The van der Waals surface area contributed by atoms with Crippen LogP contribution >= 0.6 is 11.3 Å². The highest BCUT2D eigenvalue weighted by molar-refractivity contribution is 7.16. The first-order valence-corrected chi connectivity index (χ1v) is 14.9. The summed E-state index contributed by atoms with van der Waals surface area (Å²) in [5.41, 5.74) is -0.669. The number of benzene rings is 1. The average Bonchev–Trinajstić information content (AvgIpc) is 3.38. The molecule has 3 aromatic rings. The molecule has 2 heterocycles. The molecule has 0 saturated carbocycles. The maximum absolute atomic E-state index is 14.0. The molecule has 0 atom stereocenters. The Kier molecular flexibility index (Phi) is 10.5. The minimum atomic E-state index is -0.861. The van der Waals surface area contributed by atoms with Gasteiger partial charge in [0, 0.05) is 36.2 Å². The van der Waals surface area contributed by atoms with Gasteiger partial charge in [0.2, 0.25) is 11.8 Å². The summed E-state index contributed by atoms with van der Waals surface area (Å²) in [4.78, 5) is 48.1. The first-order valence-electron chi connectivity index (χ1n) is 14.1. The van der Waals surface area contributed by atoms with Gasteiger partial charge in [-0.2, -0.15) is 14.9 Å². The van der Waals surface area contributed by atoms with Gasteiger partial charge in [0.1, 0.15) is 11.6 Å². The number of aromatic hydroxyl groups is 1. The molecule has 10 heteroatoms. The Hall–Kier alpha value is -4.23. The van der Waals surface area contributed by atoms with Crippen LogP contribution in [0.3, 0.4) is 0 Å². The van der Waals surface area contributed by atoms with Crippen molar-refractivity contribution in [2.24, 2.45) is 0 Å². The Labute approximate surface area is 250 Å². The van der Waals surface area contributed by atoms with Gasteiger partial charge in [-0.3, -0.25) is 14.4 Å². The fraction of sp³-hybridized carbons (Fsp3) is 0.406. The molecule has 222 valence electrons. The molecule has 2 aromatic heterocycles. The molecular formula is C32H39N5O4S. The Bertz CT molecular complexity index is 1650. The van der Waals surface area contributed by atoms with E-state index in [0.717, 1.165) is 56.5 Å². The minimum Gasteiger partial charge on any atom is -0.492 e. The van der Waals surface area contributed by atoms with Gasteiger partial charge in [-0.15, -0.1) is 0 Å². The fourth-order valence-electron chi connectivity index (χ4n) is 4.47. The van der Waals surface area contributed by atoms with Crippen LogP contribution < -0.4 is 25.9 Å². The zero-order valence-corrected chi connectivity index (χ0v) is 26.0. The summed E-state index contributed by atoms with van der Waals surface area (Å²) in [6.45, 7) is 17.1. The highest BCUT2D eigenvalue weighted by Gasteiger charge is 2.29. The van der Waals surface area contributed by atoms with Crippen molar-refractivity contribution in [2.75, 3.05) is 23.0 Å². The SMILES string of the molecule is C=c1c(C#N)c(O)n(N(C(C)=O)C(=O)c2ccccc2)c(=O)/c1=C\c1sc(N(CCCC)CCCC)nc1C(C)(C)C. The molecule has 0 radical (unpaired) electrons. The van der Waals surface area contributed by atoms with Crippen LogP contribution in [0.2, 0.25) is 0 Å². The fourth-order valence-corrected chi connectivity index (χ4v) is 5.74. The van der Waals surface area contributed by atoms with E-state index < -0.39 is 23.3 Å². The summed E-state index contributed by atoms with van der Waals surface area (Å²) >= 11 is 1.44. The van der Waals surface area contributed by atoms with Gasteiger partial charge in [0.25, 0.3) is 11.5 Å². The van der Waals surface area contributed by atoms with Gasteiger partial charge in [-0.1, -0.05) is 83.6 Å². The summed E-state index contributed by atoms with van der Waals surface area (Å²) in [7, 11) is 0. The largest absolute Gasteiger partial charge is 0.492 e. The number of unbranched alkanes of at least 4 members (excludes halogenated alkanes) is 2. The first kappa shape index (κ1) is 32.3. The number of rotatable bonds is 10. The molecular weight excluding hydrogens is 550 g/mol. The maximum Gasteiger partial charge on any atom is 0.280 e. The van der Waals surface area contributed by atoms with Gasteiger partial charge in [0.05, 0.1) is 15.8 Å². The molecule has 1 N–H and O–H groups in total. The number of nitriles is 1. The highest BCUT2D eigenvalue weighted by atomic mass is 32.1. The van der Waals surface area contributed by atoms with Crippen molar-refractivity contribution in [3.8, 4) is 11.9 Å². The lowest BCUT2D eigenvalue weighted by molar-refractivity contribution is -0.117. The van der Waals surface area contributed by atoms with E-state index in [0.29, 0.717) is 14.6 Å². The van der Waals surface area contributed by atoms with Crippen LogP contribution in [0.1, 0.15) is 93.7 Å². The van der Waals surface area contributed by atoms with Crippen molar-refractivity contribution < 1.29 is 14.7 Å². The topological polar surface area (TPSA) is 120 Å². The van der Waals surface area contributed by atoms with Crippen LogP contribution in [0.25, 0.3) is 12.7 Å². The first-order chi connectivity index (χ1) is 19.9. The van der Waals surface area contributed by atoms with Crippen molar-refractivity contribution in [3.05, 3.63) is 72.8 Å². The molecule has 42 heavy (non-hydrogen) atoms. The third-order valence-electron chi connectivity index (χ3n) is 6.76. The predicted molar refractivity (Wildman–Crippen MR) is 168 cm³/mol. The Morgan fingerprint density at radius 1 is 1.14 bits per heavy atom. The molecule has 0 aliphatic heterocycles. The van der Waals surface area contributed by atoms with Crippen LogP contribution in [0.4, 0.5) is 5.13 Å². The van der Waals surface area contributed by atoms with E-state index in [4.69, 9.17) is 4.98 Å². The second kappa shape index (κ2) is 13.6. The molecule has 0 aliphatic rings. The molecule has 0 unspecified atom stereocenters. The number of hydrogen-bond acceptors (Lipinski definition) is 8. The van der Waals surface area contributed by atoms with Gasteiger partial charge in [-0.05, 0) is 31.1 Å². The number of nitrogens with zero attached hydrogens (tertiary/aromatic N) is 5. The van der Waals surface area contributed by atoms with Gasteiger partial charge in [-0.25, -0.2) is 4.98 Å². The summed E-state index contributed by atoms with van der Waals surface area (Å²) in [5, 5.41) is 22.3. The summed E-state index contributed by atoms with van der Waals surface area (Å²) in [6.07, 6.45) is 5.72. The van der Waals surface area contributed by atoms with Gasteiger partial charge < -0.3 is 10.0 Å². The molecule has 0 fully saturated rings. The maximum atomic E-state index is 14.0. The molecule has 9 nitrogen and oxygen atoms in total. The number of carbonyl (C=O) groups excluding carboxylic acids is 2. The third-order valence-corrected chi connectivity index (χ3v) is 7.82. The lowest BCUT2D eigenvalue weighted by Gasteiger charge is -2.22. The normalized spacial score (nSPS) is 11.8. The Balaban J connectivity index is 2.36. The Morgan fingerprint density at radius 2 is 1.74 bits per heavy atom. The monoisotopic (exact) mass is 589 g/mol.